The zero-order chi connectivity index (χ0) is 13.7. The van der Waals surface area contributed by atoms with Gasteiger partial charge in [-0.05, 0) is 19.1 Å². The maximum Gasteiger partial charge on any atom is 0.323 e. The van der Waals surface area contributed by atoms with Gasteiger partial charge in [-0.2, -0.15) is 0 Å². The number of nitro groups is 1. The molecule has 96 valence electrons. The quantitative estimate of drug-likeness (QED) is 0.625. The molecule has 0 saturated heterocycles. The molecule has 0 heterocycles. The minimum atomic E-state index is -1.10. The van der Waals surface area contributed by atoms with E-state index in [9.17, 15) is 19.7 Å². The number of amides is 1. The Balaban J connectivity index is 2.88. The molecule has 1 N–H and O–H groups in total. The number of non-ortho nitro benzene ring substituents is 1. The first kappa shape index (κ1) is 13.6. The van der Waals surface area contributed by atoms with Gasteiger partial charge in [0, 0.05) is 24.2 Å². The molecule has 1 rings (SSSR count). The number of carboxylic acid groups (broad SMARTS) is 1. The van der Waals surface area contributed by atoms with Crippen molar-refractivity contribution >= 4 is 17.6 Å². The van der Waals surface area contributed by atoms with Crippen LogP contribution >= 0.6 is 0 Å². The van der Waals surface area contributed by atoms with E-state index in [1.807, 2.05) is 0 Å². The molecule has 0 radical (unpaired) electrons. The average Bonchev–Trinajstić information content (AvgIpc) is 2.35. The van der Waals surface area contributed by atoms with Crippen molar-refractivity contribution in [3.8, 4) is 0 Å². The van der Waals surface area contributed by atoms with E-state index in [4.69, 9.17) is 5.11 Å². The molecule has 0 aliphatic rings. The fourth-order valence-electron chi connectivity index (χ4n) is 1.40. The van der Waals surface area contributed by atoms with Crippen molar-refractivity contribution < 1.29 is 19.6 Å². The third-order valence-corrected chi connectivity index (χ3v) is 2.32. The van der Waals surface area contributed by atoms with Crippen LogP contribution in [0.2, 0.25) is 0 Å². The van der Waals surface area contributed by atoms with E-state index in [1.165, 1.54) is 24.3 Å². The first-order valence-corrected chi connectivity index (χ1v) is 5.21. The Morgan fingerprint density at radius 1 is 1.33 bits per heavy atom. The Bertz CT molecular complexity index is 469. The lowest BCUT2D eigenvalue weighted by atomic mass is 10.2. The Morgan fingerprint density at radius 3 is 2.28 bits per heavy atom. The molecule has 0 aromatic heterocycles. The topological polar surface area (TPSA) is 101 Å². The summed E-state index contributed by atoms with van der Waals surface area (Å²) in [5, 5.41) is 19.1. The second-order valence-electron chi connectivity index (χ2n) is 3.52. The van der Waals surface area contributed by atoms with E-state index in [2.05, 4.69) is 0 Å². The Kier molecular flexibility index (Phi) is 4.36. The van der Waals surface area contributed by atoms with Gasteiger partial charge in [0.05, 0.1) is 4.92 Å². The Labute approximate surface area is 103 Å². The van der Waals surface area contributed by atoms with Gasteiger partial charge in [-0.15, -0.1) is 0 Å². The number of rotatable bonds is 5. The van der Waals surface area contributed by atoms with Crippen molar-refractivity contribution in [3.05, 3.63) is 39.9 Å². The maximum atomic E-state index is 11.9. The van der Waals surface area contributed by atoms with E-state index >= 15 is 0 Å². The molecule has 1 aromatic carbocycles. The number of carbonyl (C=O) groups is 2. The summed E-state index contributed by atoms with van der Waals surface area (Å²) in [6, 6.07) is 5.04. The number of carboxylic acids is 1. The van der Waals surface area contributed by atoms with Crippen LogP contribution in [0.15, 0.2) is 24.3 Å². The predicted molar refractivity (Wildman–Crippen MR) is 62.3 cm³/mol. The van der Waals surface area contributed by atoms with E-state index in [0.717, 1.165) is 4.90 Å². The summed E-state index contributed by atoms with van der Waals surface area (Å²) in [7, 11) is 0. The third-order valence-electron chi connectivity index (χ3n) is 2.32. The van der Waals surface area contributed by atoms with Crippen LogP contribution in [0.25, 0.3) is 0 Å². The van der Waals surface area contributed by atoms with Crippen LogP contribution in [0.3, 0.4) is 0 Å². The van der Waals surface area contributed by atoms with Gasteiger partial charge in [-0.25, -0.2) is 0 Å². The van der Waals surface area contributed by atoms with E-state index < -0.39 is 23.3 Å². The van der Waals surface area contributed by atoms with Crippen molar-refractivity contribution in [2.45, 2.75) is 6.92 Å². The van der Waals surface area contributed by atoms with Crippen molar-refractivity contribution in [2.24, 2.45) is 0 Å². The fourth-order valence-corrected chi connectivity index (χ4v) is 1.40. The minimum absolute atomic E-state index is 0.118. The molecule has 0 bridgehead atoms. The predicted octanol–water partition coefficient (Wildman–Crippen LogP) is 1.14. The van der Waals surface area contributed by atoms with Gasteiger partial charge in [0.2, 0.25) is 0 Å². The van der Waals surface area contributed by atoms with Crippen LogP contribution in [0, 0.1) is 10.1 Å². The number of hydrogen-bond acceptors (Lipinski definition) is 4. The molecule has 0 atom stereocenters. The monoisotopic (exact) mass is 252 g/mol. The second kappa shape index (κ2) is 5.76. The number of benzene rings is 1. The highest BCUT2D eigenvalue weighted by molar-refractivity contribution is 5.96. The lowest BCUT2D eigenvalue weighted by Crippen LogP contribution is -2.35. The molecule has 0 saturated carbocycles. The summed E-state index contributed by atoms with van der Waals surface area (Å²) >= 11 is 0. The molecule has 1 aromatic rings. The summed E-state index contributed by atoms with van der Waals surface area (Å²) in [6.07, 6.45) is 0. The van der Waals surface area contributed by atoms with Crippen molar-refractivity contribution in [3.63, 3.8) is 0 Å². The summed E-state index contributed by atoms with van der Waals surface area (Å²) in [6.45, 7) is 1.51. The minimum Gasteiger partial charge on any atom is -0.480 e. The number of likely N-dealkylation sites (N-methyl/N-ethyl adjacent to an activating group) is 1. The van der Waals surface area contributed by atoms with Gasteiger partial charge in [-0.3, -0.25) is 19.7 Å². The van der Waals surface area contributed by atoms with Crippen LogP contribution in [0.5, 0.6) is 0 Å². The average molecular weight is 252 g/mol. The third kappa shape index (κ3) is 3.27. The van der Waals surface area contributed by atoms with Crippen LogP contribution in [-0.2, 0) is 4.79 Å². The SMILES string of the molecule is CCN(CC(=O)O)C(=O)c1ccc([N+](=O)[O-])cc1. The molecule has 0 fully saturated rings. The number of nitro benzene ring substituents is 1. The zero-order valence-electron chi connectivity index (χ0n) is 9.70. The van der Waals surface area contributed by atoms with Gasteiger partial charge < -0.3 is 10.0 Å². The second-order valence-corrected chi connectivity index (χ2v) is 3.52. The maximum absolute atomic E-state index is 11.9. The number of carbonyl (C=O) groups excluding carboxylic acids is 1. The van der Waals surface area contributed by atoms with Gasteiger partial charge in [0.1, 0.15) is 6.54 Å². The van der Waals surface area contributed by atoms with Gasteiger partial charge in [0.15, 0.2) is 0 Å². The van der Waals surface area contributed by atoms with Gasteiger partial charge >= 0.3 is 5.97 Å². The highest BCUT2D eigenvalue weighted by Gasteiger charge is 2.17. The summed E-state index contributed by atoms with van der Waals surface area (Å²) in [5.74, 6) is -1.57. The molecular formula is C11H12N2O5. The summed E-state index contributed by atoms with van der Waals surface area (Å²) in [5.41, 5.74) is 0.108. The highest BCUT2D eigenvalue weighted by atomic mass is 16.6. The molecule has 7 heteroatoms. The normalized spacial score (nSPS) is 9.83. The largest absolute Gasteiger partial charge is 0.480 e. The molecular weight excluding hydrogens is 240 g/mol. The van der Waals surface area contributed by atoms with Gasteiger partial charge in [0.25, 0.3) is 11.6 Å². The lowest BCUT2D eigenvalue weighted by molar-refractivity contribution is -0.384. The standard InChI is InChI=1S/C11H12N2O5/c1-2-12(7-10(14)15)11(16)8-3-5-9(6-4-8)13(17)18/h3-6H,2,7H2,1H3,(H,14,15). The van der Waals surface area contributed by atoms with E-state index in [-0.39, 0.29) is 17.8 Å². The molecule has 0 spiro atoms. The van der Waals surface area contributed by atoms with Gasteiger partial charge in [-0.1, -0.05) is 0 Å². The van der Waals surface area contributed by atoms with Crippen molar-refractivity contribution in [1.82, 2.24) is 4.90 Å². The first-order chi connectivity index (χ1) is 8.45. The first-order valence-electron chi connectivity index (χ1n) is 5.21. The number of nitrogens with zero attached hydrogens (tertiary/aromatic N) is 2. The Morgan fingerprint density at radius 2 is 1.89 bits per heavy atom. The van der Waals surface area contributed by atoms with Crippen LogP contribution in [0.4, 0.5) is 5.69 Å². The molecule has 0 unspecified atom stereocenters. The Hall–Kier alpha value is -2.44. The molecule has 7 nitrogen and oxygen atoms in total. The van der Waals surface area contributed by atoms with Crippen LogP contribution in [0.1, 0.15) is 17.3 Å². The molecule has 18 heavy (non-hydrogen) atoms. The van der Waals surface area contributed by atoms with E-state index in [1.54, 1.807) is 6.92 Å². The molecule has 0 aliphatic carbocycles. The van der Waals surface area contributed by atoms with E-state index in [0.29, 0.717) is 0 Å². The molecule has 1 amide bonds. The summed E-state index contributed by atoms with van der Waals surface area (Å²) < 4.78 is 0. The smallest absolute Gasteiger partial charge is 0.323 e. The fraction of sp³-hybridized carbons (Fsp3) is 0.273. The highest BCUT2D eigenvalue weighted by Crippen LogP contribution is 2.13. The summed E-state index contributed by atoms with van der Waals surface area (Å²) in [4.78, 5) is 33.5. The lowest BCUT2D eigenvalue weighted by Gasteiger charge is -2.18. The molecule has 0 aliphatic heterocycles. The number of hydrogen-bond donors (Lipinski definition) is 1. The van der Waals surface area contributed by atoms with Crippen LogP contribution in [-0.4, -0.2) is 39.9 Å². The van der Waals surface area contributed by atoms with Crippen molar-refractivity contribution in [1.29, 1.82) is 0 Å². The van der Waals surface area contributed by atoms with Crippen molar-refractivity contribution in [2.75, 3.05) is 13.1 Å². The van der Waals surface area contributed by atoms with Crippen LogP contribution < -0.4 is 0 Å². The number of aliphatic carboxylic acids is 1. The zero-order valence-corrected chi connectivity index (χ0v) is 9.70.